The summed E-state index contributed by atoms with van der Waals surface area (Å²) in [6.45, 7) is 13.3. The highest BCUT2D eigenvalue weighted by Gasteiger charge is 2.78. The Morgan fingerprint density at radius 1 is 1.19 bits per heavy atom. The summed E-state index contributed by atoms with van der Waals surface area (Å²) in [7, 11) is 0. The van der Waals surface area contributed by atoms with Crippen LogP contribution in [-0.4, -0.2) is 72.8 Å². The summed E-state index contributed by atoms with van der Waals surface area (Å²) in [5.74, 6) is 0.937. The molecule has 26 heavy (non-hydrogen) atoms. The predicted octanol–water partition coefficient (Wildman–Crippen LogP) is 2.15. The molecule has 1 spiro atoms. The van der Waals surface area contributed by atoms with Crippen LogP contribution in [0.4, 0.5) is 0 Å². The van der Waals surface area contributed by atoms with Crippen LogP contribution in [-0.2, 0) is 14.3 Å². The molecule has 3 aliphatic heterocycles. The van der Waals surface area contributed by atoms with E-state index in [1.807, 2.05) is 0 Å². The van der Waals surface area contributed by atoms with Gasteiger partial charge in [0, 0.05) is 44.1 Å². The molecule has 0 aromatic heterocycles. The largest absolute Gasteiger partial charge is 0.462 e. The van der Waals surface area contributed by atoms with Crippen LogP contribution < -0.4 is 0 Å². The second-order valence-corrected chi connectivity index (χ2v) is 9.78. The summed E-state index contributed by atoms with van der Waals surface area (Å²) in [4.78, 5) is 17.7. The van der Waals surface area contributed by atoms with Gasteiger partial charge < -0.3 is 14.4 Å². The van der Waals surface area contributed by atoms with Crippen LogP contribution in [0.5, 0.6) is 0 Å². The standard InChI is InChI=1S/C21H34N2O3/c1-4-22-8-10-23(11-9-22)13-15-17-16(25-19(15)24)12-20(3)7-5-6-14(2)21(20)18(17)26-21/h14-18H,4-13H2,1-3H3/t14-,15-,16+,17+,18-,20+,21+/m0/s1. The van der Waals surface area contributed by atoms with Crippen molar-refractivity contribution in [2.45, 2.75) is 64.3 Å². The molecule has 0 unspecified atom stereocenters. The van der Waals surface area contributed by atoms with Gasteiger partial charge in [0.1, 0.15) is 11.7 Å². The quantitative estimate of drug-likeness (QED) is 0.569. The SMILES string of the molecule is CCN1CCN(C[C@@H]2C(=O)O[C@@H]3C[C@@]4(C)CCC[C@H](C)[C@]45O[C@H]5[C@H]23)CC1. The first-order valence-electron chi connectivity index (χ1n) is 10.8. The fourth-order valence-corrected chi connectivity index (χ4v) is 7.01. The number of hydrogen-bond donors (Lipinski definition) is 0. The first-order chi connectivity index (χ1) is 12.5. The van der Waals surface area contributed by atoms with E-state index in [4.69, 9.17) is 9.47 Å². The van der Waals surface area contributed by atoms with E-state index in [-0.39, 0.29) is 41.0 Å². The minimum Gasteiger partial charge on any atom is -0.462 e. The highest BCUT2D eigenvalue weighted by molar-refractivity contribution is 5.76. The molecule has 2 aliphatic carbocycles. The third-order valence-electron chi connectivity index (χ3n) is 8.56. The summed E-state index contributed by atoms with van der Waals surface area (Å²) in [5.41, 5.74) is 0.220. The minimum atomic E-state index is 0.0104. The molecule has 3 heterocycles. The number of hydrogen-bond acceptors (Lipinski definition) is 5. The Morgan fingerprint density at radius 3 is 2.65 bits per heavy atom. The third kappa shape index (κ3) is 2.29. The molecule has 7 atom stereocenters. The molecule has 2 saturated carbocycles. The van der Waals surface area contributed by atoms with E-state index in [1.165, 1.54) is 19.3 Å². The second kappa shape index (κ2) is 5.92. The van der Waals surface area contributed by atoms with Gasteiger partial charge in [-0.1, -0.05) is 27.2 Å². The zero-order chi connectivity index (χ0) is 18.1. The normalized spacial score (nSPS) is 51.3. The number of carbonyl (C=O) groups excluding carboxylic acids is 1. The molecule has 5 nitrogen and oxygen atoms in total. The van der Waals surface area contributed by atoms with E-state index in [2.05, 4.69) is 30.6 Å². The van der Waals surface area contributed by atoms with Crippen LogP contribution in [0.2, 0.25) is 0 Å². The first-order valence-corrected chi connectivity index (χ1v) is 10.8. The lowest BCUT2D eigenvalue weighted by molar-refractivity contribution is -0.146. The molecule has 0 aromatic carbocycles. The average Bonchev–Trinajstić information content (AvgIpc) is 3.31. The molecule has 146 valence electrons. The second-order valence-electron chi connectivity index (χ2n) is 9.78. The van der Waals surface area contributed by atoms with E-state index in [1.54, 1.807) is 0 Å². The predicted molar refractivity (Wildman–Crippen MR) is 98.8 cm³/mol. The first kappa shape index (κ1) is 17.4. The maximum Gasteiger partial charge on any atom is 0.311 e. The van der Waals surface area contributed by atoms with Crippen LogP contribution >= 0.6 is 0 Å². The smallest absolute Gasteiger partial charge is 0.311 e. The van der Waals surface area contributed by atoms with Crippen molar-refractivity contribution in [3.63, 3.8) is 0 Å². The number of likely N-dealkylation sites (N-methyl/N-ethyl adjacent to an activating group) is 1. The van der Waals surface area contributed by atoms with Gasteiger partial charge in [-0.15, -0.1) is 0 Å². The van der Waals surface area contributed by atoms with Gasteiger partial charge in [-0.25, -0.2) is 0 Å². The Morgan fingerprint density at radius 2 is 1.92 bits per heavy atom. The number of epoxide rings is 1. The van der Waals surface area contributed by atoms with Gasteiger partial charge in [0.25, 0.3) is 0 Å². The van der Waals surface area contributed by atoms with E-state index < -0.39 is 0 Å². The van der Waals surface area contributed by atoms with Crippen LogP contribution in [0.3, 0.4) is 0 Å². The van der Waals surface area contributed by atoms with E-state index in [0.29, 0.717) is 5.92 Å². The monoisotopic (exact) mass is 362 g/mol. The molecule has 0 N–H and O–H groups in total. The number of piperazine rings is 1. The Balaban J connectivity index is 1.34. The zero-order valence-corrected chi connectivity index (χ0v) is 16.6. The maximum absolute atomic E-state index is 12.8. The van der Waals surface area contributed by atoms with Crippen molar-refractivity contribution in [3.8, 4) is 0 Å². The molecule has 0 radical (unpaired) electrons. The topological polar surface area (TPSA) is 45.3 Å². The summed E-state index contributed by atoms with van der Waals surface area (Å²) >= 11 is 0. The number of carbonyl (C=O) groups is 1. The Bertz CT molecular complexity index is 590. The molecule has 5 aliphatic rings. The minimum absolute atomic E-state index is 0.0104. The van der Waals surface area contributed by atoms with Crippen molar-refractivity contribution in [2.75, 3.05) is 39.3 Å². The summed E-state index contributed by atoms with van der Waals surface area (Å²) in [5, 5.41) is 0. The molecule has 3 saturated heterocycles. The fraction of sp³-hybridized carbons (Fsp3) is 0.952. The van der Waals surface area contributed by atoms with Crippen molar-refractivity contribution in [3.05, 3.63) is 0 Å². The fourth-order valence-electron chi connectivity index (χ4n) is 7.01. The van der Waals surface area contributed by atoms with E-state index in [9.17, 15) is 4.79 Å². The van der Waals surface area contributed by atoms with Crippen molar-refractivity contribution < 1.29 is 14.3 Å². The van der Waals surface area contributed by atoms with Gasteiger partial charge in [0.15, 0.2) is 0 Å². The van der Waals surface area contributed by atoms with Crippen LogP contribution in [0, 0.1) is 23.2 Å². The summed E-state index contributed by atoms with van der Waals surface area (Å²) in [6, 6.07) is 0. The highest BCUT2D eigenvalue weighted by Crippen LogP contribution is 2.70. The molecular formula is C21H34N2O3. The number of esters is 1. The number of nitrogens with zero attached hydrogens (tertiary/aromatic N) is 2. The Kier molecular flexibility index (Phi) is 3.97. The van der Waals surface area contributed by atoms with Crippen LogP contribution in [0.25, 0.3) is 0 Å². The van der Waals surface area contributed by atoms with Crippen LogP contribution in [0.1, 0.15) is 46.5 Å². The highest BCUT2D eigenvalue weighted by atomic mass is 16.6. The van der Waals surface area contributed by atoms with Gasteiger partial charge in [-0.3, -0.25) is 9.69 Å². The van der Waals surface area contributed by atoms with Gasteiger partial charge in [-0.05, 0) is 31.7 Å². The molecule has 0 bridgehead atoms. The van der Waals surface area contributed by atoms with Crippen molar-refractivity contribution in [2.24, 2.45) is 23.2 Å². The average molecular weight is 363 g/mol. The number of rotatable bonds is 3. The van der Waals surface area contributed by atoms with Crippen molar-refractivity contribution in [1.29, 1.82) is 0 Å². The van der Waals surface area contributed by atoms with Gasteiger partial charge in [0.05, 0.1) is 12.0 Å². The maximum atomic E-state index is 12.8. The molecule has 5 rings (SSSR count). The van der Waals surface area contributed by atoms with Crippen molar-refractivity contribution in [1.82, 2.24) is 9.80 Å². The number of ether oxygens (including phenoxy) is 2. The van der Waals surface area contributed by atoms with Crippen molar-refractivity contribution >= 4 is 5.97 Å². The molecule has 0 aromatic rings. The lowest BCUT2D eigenvalue weighted by atomic mass is 9.53. The molecule has 5 heteroatoms. The third-order valence-corrected chi connectivity index (χ3v) is 8.56. The lowest BCUT2D eigenvalue weighted by Crippen LogP contribution is -2.55. The molecule has 0 amide bonds. The van der Waals surface area contributed by atoms with E-state index in [0.717, 1.165) is 45.7 Å². The Labute approximate surface area is 157 Å². The molecular weight excluding hydrogens is 328 g/mol. The molecule has 5 fully saturated rings. The van der Waals surface area contributed by atoms with Gasteiger partial charge >= 0.3 is 5.97 Å². The zero-order valence-electron chi connectivity index (χ0n) is 16.6. The van der Waals surface area contributed by atoms with Crippen LogP contribution in [0.15, 0.2) is 0 Å². The lowest BCUT2D eigenvalue weighted by Gasteiger charge is -2.49. The van der Waals surface area contributed by atoms with Gasteiger partial charge in [0.2, 0.25) is 0 Å². The summed E-state index contributed by atoms with van der Waals surface area (Å²) in [6.07, 6.45) is 5.10. The van der Waals surface area contributed by atoms with Gasteiger partial charge in [-0.2, -0.15) is 0 Å². The summed E-state index contributed by atoms with van der Waals surface area (Å²) < 4.78 is 12.5. The Hall–Kier alpha value is -0.650. The number of fused-ring (bicyclic) bond motifs is 2. The van der Waals surface area contributed by atoms with E-state index >= 15 is 0 Å².